The Bertz CT molecular complexity index is 2830. The van der Waals surface area contributed by atoms with Crippen molar-refractivity contribution < 1.29 is 4.42 Å². The summed E-state index contributed by atoms with van der Waals surface area (Å²) in [6, 6.07) is 64.1. The van der Waals surface area contributed by atoms with Gasteiger partial charge in [-0.15, -0.1) is 0 Å². The normalized spacial score (nSPS) is 14.5. The van der Waals surface area contributed by atoms with Gasteiger partial charge in [-0.25, -0.2) is 0 Å². The number of aromatic nitrogens is 1. The number of benzene rings is 7. The van der Waals surface area contributed by atoms with Crippen LogP contribution in [0.2, 0.25) is 0 Å². The van der Waals surface area contributed by atoms with E-state index in [0.29, 0.717) is 0 Å². The van der Waals surface area contributed by atoms with Crippen LogP contribution in [0.3, 0.4) is 0 Å². The van der Waals surface area contributed by atoms with E-state index in [1.807, 2.05) is 6.07 Å². The summed E-state index contributed by atoms with van der Waals surface area (Å²) in [5.74, 6) is 0.882. The Morgan fingerprint density at radius 1 is 0.528 bits per heavy atom. The van der Waals surface area contributed by atoms with Gasteiger partial charge in [0.1, 0.15) is 17.5 Å². The Morgan fingerprint density at radius 3 is 1.89 bits per heavy atom. The standard InChI is InChI=1S/C49H35N3O/c1-51-44(33-17-6-2-7-18-33)32-41(50-49(51)36-23-12-5-13-24-36)37-25-16-26-38(31-37)52-42-28-15-14-27-39(42)46-43(52)30-29-40-45(34-19-8-3-9-20-34)47(53-48(40)46)35-21-10-4-11-22-35/h2-32,49H,1H3. The van der Waals surface area contributed by atoms with Crippen molar-refractivity contribution in [1.29, 1.82) is 0 Å². The SMILES string of the molecule is CN1C(c2ccccc2)=CC(c2cccc(-n3c4ccccc4c4c5oc(-c6ccccc6)c(-c6ccccc6)c5ccc43)c2)=NC1c1ccccc1. The van der Waals surface area contributed by atoms with Gasteiger partial charge in [-0.2, -0.15) is 0 Å². The summed E-state index contributed by atoms with van der Waals surface area (Å²) < 4.78 is 9.37. The summed E-state index contributed by atoms with van der Waals surface area (Å²) in [4.78, 5) is 7.65. The monoisotopic (exact) mass is 681 g/mol. The Morgan fingerprint density at radius 2 is 1.15 bits per heavy atom. The van der Waals surface area contributed by atoms with Crippen molar-refractivity contribution in [2.24, 2.45) is 4.99 Å². The van der Waals surface area contributed by atoms with Gasteiger partial charge in [-0.3, -0.25) is 4.99 Å². The van der Waals surface area contributed by atoms with Gasteiger partial charge in [0.2, 0.25) is 0 Å². The second-order valence-electron chi connectivity index (χ2n) is 13.6. The first kappa shape index (κ1) is 30.9. The van der Waals surface area contributed by atoms with E-state index in [0.717, 1.165) is 89.0 Å². The van der Waals surface area contributed by atoms with Crippen LogP contribution in [0.25, 0.3) is 66.6 Å². The lowest BCUT2D eigenvalue weighted by molar-refractivity contribution is 0.364. The number of furan rings is 1. The summed E-state index contributed by atoms with van der Waals surface area (Å²) in [6.07, 6.45) is 2.07. The average molecular weight is 682 g/mol. The zero-order chi connectivity index (χ0) is 35.3. The molecule has 0 N–H and O–H groups in total. The number of allylic oxidation sites excluding steroid dienone is 1. The molecule has 7 aromatic carbocycles. The van der Waals surface area contributed by atoms with Crippen LogP contribution in [0, 0.1) is 0 Å². The summed E-state index contributed by atoms with van der Waals surface area (Å²) in [5.41, 5.74) is 13.0. The van der Waals surface area contributed by atoms with Gasteiger partial charge in [-0.1, -0.05) is 152 Å². The number of para-hydroxylation sites is 1. The topological polar surface area (TPSA) is 33.7 Å². The Hall–Kier alpha value is -6.91. The molecular weight excluding hydrogens is 647 g/mol. The maximum atomic E-state index is 7.00. The van der Waals surface area contributed by atoms with Crippen LogP contribution in [0.15, 0.2) is 197 Å². The van der Waals surface area contributed by atoms with Crippen molar-refractivity contribution >= 4 is 44.2 Å². The predicted molar refractivity (Wildman–Crippen MR) is 219 cm³/mol. The highest BCUT2D eigenvalue weighted by atomic mass is 16.3. The predicted octanol–water partition coefficient (Wildman–Crippen LogP) is 12.3. The van der Waals surface area contributed by atoms with Crippen molar-refractivity contribution in [3.05, 3.63) is 205 Å². The fourth-order valence-electron chi connectivity index (χ4n) is 7.97. The van der Waals surface area contributed by atoms with Crippen molar-refractivity contribution in [3.8, 4) is 28.1 Å². The number of aliphatic imine (C=N–C) groups is 1. The Balaban J connectivity index is 1.18. The van der Waals surface area contributed by atoms with Gasteiger partial charge in [-0.05, 0) is 53.1 Å². The van der Waals surface area contributed by atoms with E-state index in [2.05, 4.69) is 199 Å². The molecule has 53 heavy (non-hydrogen) atoms. The minimum Gasteiger partial charge on any atom is -0.455 e. The molecule has 1 aliphatic heterocycles. The van der Waals surface area contributed by atoms with Gasteiger partial charge in [0.25, 0.3) is 0 Å². The molecule has 4 nitrogen and oxygen atoms in total. The molecule has 0 fully saturated rings. The van der Waals surface area contributed by atoms with Gasteiger partial charge < -0.3 is 13.9 Å². The molecule has 1 atom stereocenters. The van der Waals surface area contributed by atoms with Gasteiger partial charge in [0, 0.05) is 45.9 Å². The molecule has 0 saturated heterocycles. The molecule has 4 heteroatoms. The number of nitrogens with zero attached hydrogens (tertiary/aromatic N) is 3. The fourth-order valence-corrected chi connectivity index (χ4v) is 7.97. The summed E-state index contributed by atoms with van der Waals surface area (Å²) in [5, 5.41) is 3.36. The number of hydrogen-bond donors (Lipinski definition) is 0. The largest absolute Gasteiger partial charge is 0.455 e. The molecule has 0 radical (unpaired) electrons. The lowest BCUT2D eigenvalue weighted by atomic mass is 9.98. The van der Waals surface area contributed by atoms with Crippen molar-refractivity contribution in [2.45, 2.75) is 6.17 Å². The van der Waals surface area contributed by atoms with E-state index in [4.69, 9.17) is 9.41 Å². The number of rotatable bonds is 6. The van der Waals surface area contributed by atoms with Crippen LogP contribution in [-0.4, -0.2) is 22.2 Å². The molecule has 0 saturated carbocycles. The third-order valence-electron chi connectivity index (χ3n) is 10.4. The molecule has 1 aliphatic rings. The molecule has 0 bridgehead atoms. The summed E-state index contributed by atoms with van der Waals surface area (Å²) in [7, 11) is 2.13. The van der Waals surface area contributed by atoms with Crippen LogP contribution in [0.4, 0.5) is 0 Å². The maximum Gasteiger partial charge on any atom is 0.147 e. The number of hydrogen-bond acceptors (Lipinski definition) is 3. The molecule has 0 spiro atoms. The van der Waals surface area contributed by atoms with E-state index in [1.165, 1.54) is 0 Å². The molecular formula is C49H35N3O. The Labute approximate surface area is 308 Å². The first-order chi connectivity index (χ1) is 26.2. The van der Waals surface area contributed by atoms with Crippen LogP contribution in [0.5, 0.6) is 0 Å². The number of fused-ring (bicyclic) bond motifs is 5. The van der Waals surface area contributed by atoms with Crippen molar-refractivity contribution in [2.75, 3.05) is 7.05 Å². The zero-order valence-electron chi connectivity index (χ0n) is 29.2. The molecule has 10 rings (SSSR count). The van der Waals surface area contributed by atoms with E-state index >= 15 is 0 Å². The van der Waals surface area contributed by atoms with Crippen LogP contribution < -0.4 is 0 Å². The second kappa shape index (κ2) is 12.7. The lowest BCUT2D eigenvalue weighted by Crippen LogP contribution is -2.27. The van der Waals surface area contributed by atoms with Crippen LogP contribution in [-0.2, 0) is 0 Å². The van der Waals surface area contributed by atoms with Crippen molar-refractivity contribution in [3.63, 3.8) is 0 Å². The first-order valence-electron chi connectivity index (χ1n) is 18.1. The van der Waals surface area contributed by atoms with Gasteiger partial charge >= 0.3 is 0 Å². The van der Waals surface area contributed by atoms with Crippen LogP contribution in [0.1, 0.15) is 22.9 Å². The van der Waals surface area contributed by atoms with Gasteiger partial charge in [0.05, 0.1) is 22.1 Å². The minimum atomic E-state index is -0.159. The molecule has 9 aromatic rings. The van der Waals surface area contributed by atoms with E-state index in [1.54, 1.807) is 0 Å². The zero-order valence-corrected chi connectivity index (χ0v) is 29.2. The molecule has 3 heterocycles. The minimum absolute atomic E-state index is 0.159. The third kappa shape index (κ3) is 5.18. The maximum absolute atomic E-state index is 7.00. The van der Waals surface area contributed by atoms with Gasteiger partial charge in [0.15, 0.2) is 0 Å². The third-order valence-corrected chi connectivity index (χ3v) is 10.4. The average Bonchev–Trinajstić information content (AvgIpc) is 3.79. The summed E-state index contributed by atoms with van der Waals surface area (Å²) in [6.45, 7) is 0. The smallest absolute Gasteiger partial charge is 0.147 e. The molecule has 0 amide bonds. The fraction of sp³-hybridized carbons (Fsp3) is 0.0408. The van der Waals surface area contributed by atoms with E-state index in [-0.39, 0.29) is 6.17 Å². The van der Waals surface area contributed by atoms with E-state index in [9.17, 15) is 0 Å². The highest BCUT2D eigenvalue weighted by Gasteiger charge is 2.26. The van der Waals surface area contributed by atoms with Crippen molar-refractivity contribution in [1.82, 2.24) is 9.47 Å². The molecule has 252 valence electrons. The quantitative estimate of drug-likeness (QED) is 0.175. The van der Waals surface area contributed by atoms with E-state index < -0.39 is 0 Å². The highest BCUT2D eigenvalue weighted by Crippen LogP contribution is 2.46. The Kier molecular flexibility index (Phi) is 7.40. The molecule has 2 aromatic heterocycles. The highest BCUT2D eigenvalue weighted by molar-refractivity contribution is 6.23. The van der Waals surface area contributed by atoms with Crippen LogP contribution >= 0.6 is 0 Å². The molecule has 0 aliphatic carbocycles. The molecule has 1 unspecified atom stereocenters. The lowest BCUT2D eigenvalue weighted by Gasteiger charge is -2.34. The second-order valence-corrected chi connectivity index (χ2v) is 13.6. The first-order valence-corrected chi connectivity index (χ1v) is 18.1. The summed E-state index contributed by atoms with van der Waals surface area (Å²) >= 11 is 0.